The average Bonchev–Trinajstić information content (AvgIpc) is 3.04. The minimum absolute atomic E-state index is 0.185. The molecule has 0 atom stereocenters. The molecule has 1 aliphatic carbocycles. The SMILES string of the molecule is O=C(Cn1nnc(-c2ccc(Cl)cc2)n1)NC1(C(=O)O)CCCCC1. The molecule has 132 valence electrons. The molecule has 9 heteroatoms. The predicted molar refractivity (Wildman–Crippen MR) is 89.9 cm³/mol. The maximum Gasteiger partial charge on any atom is 0.329 e. The summed E-state index contributed by atoms with van der Waals surface area (Å²) >= 11 is 5.84. The number of halogens is 1. The highest BCUT2D eigenvalue weighted by Gasteiger charge is 2.40. The Morgan fingerprint density at radius 3 is 2.52 bits per heavy atom. The molecular weight excluding hydrogens is 346 g/mol. The van der Waals surface area contributed by atoms with Gasteiger partial charge in [0.05, 0.1) is 0 Å². The minimum Gasteiger partial charge on any atom is -0.480 e. The van der Waals surface area contributed by atoms with Crippen molar-refractivity contribution in [3.05, 3.63) is 29.3 Å². The van der Waals surface area contributed by atoms with E-state index in [4.69, 9.17) is 11.6 Å². The van der Waals surface area contributed by atoms with Crippen LogP contribution in [0.3, 0.4) is 0 Å². The first-order chi connectivity index (χ1) is 12.0. The van der Waals surface area contributed by atoms with E-state index in [-0.39, 0.29) is 6.54 Å². The van der Waals surface area contributed by atoms with Crippen molar-refractivity contribution in [1.82, 2.24) is 25.5 Å². The number of nitrogens with zero attached hydrogens (tertiary/aromatic N) is 4. The van der Waals surface area contributed by atoms with E-state index < -0.39 is 17.4 Å². The van der Waals surface area contributed by atoms with Crippen molar-refractivity contribution in [1.29, 1.82) is 0 Å². The second kappa shape index (κ2) is 7.18. The summed E-state index contributed by atoms with van der Waals surface area (Å²) in [6.45, 7) is -0.185. The summed E-state index contributed by atoms with van der Waals surface area (Å²) in [5.74, 6) is -1.06. The number of aliphatic carboxylic acids is 1. The van der Waals surface area contributed by atoms with Gasteiger partial charge in [0.1, 0.15) is 12.1 Å². The van der Waals surface area contributed by atoms with Gasteiger partial charge >= 0.3 is 5.97 Å². The summed E-state index contributed by atoms with van der Waals surface area (Å²) in [4.78, 5) is 25.0. The van der Waals surface area contributed by atoms with Crippen LogP contribution in [-0.4, -0.2) is 42.7 Å². The van der Waals surface area contributed by atoms with E-state index in [1.54, 1.807) is 24.3 Å². The second-order valence-electron chi connectivity index (χ2n) is 6.15. The average molecular weight is 364 g/mol. The fourth-order valence-corrected chi connectivity index (χ4v) is 3.13. The molecule has 0 saturated heterocycles. The van der Waals surface area contributed by atoms with Gasteiger partial charge in [-0.25, -0.2) is 4.79 Å². The number of hydrogen-bond donors (Lipinski definition) is 2. The molecule has 1 amide bonds. The molecule has 1 heterocycles. The van der Waals surface area contributed by atoms with E-state index in [1.807, 2.05) is 0 Å². The van der Waals surface area contributed by atoms with Crippen LogP contribution >= 0.6 is 11.6 Å². The highest BCUT2D eigenvalue weighted by molar-refractivity contribution is 6.30. The molecule has 0 unspecified atom stereocenters. The van der Waals surface area contributed by atoms with Crippen molar-refractivity contribution >= 4 is 23.5 Å². The molecule has 1 aliphatic rings. The molecule has 0 bridgehead atoms. The number of rotatable bonds is 5. The van der Waals surface area contributed by atoms with Gasteiger partial charge in [-0.15, -0.1) is 10.2 Å². The van der Waals surface area contributed by atoms with Crippen molar-refractivity contribution in [2.24, 2.45) is 0 Å². The van der Waals surface area contributed by atoms with E-state index >= 15 is 0 Å². The molecule has 0 spiro atoms. The quantitative estimate of drug-likeness (QED) is 0.839. The zero-order chi connectivity index (χ0) is 17.9. The lowest BCUT2D eigenvalue weighted by atomic mass is 9.81. The van der Waals surface area contributed by atoms with Crippen LogP contribution in [0.1, 0.15) is 32.1 Å². The number of hydrogen-bond acceptors (Lipinski definition) is 5. The third-order valence-electron chi connectivity index (χ3n) is 4.34. The topological polar surface area (TPSA) is 110 Å². The van der Waals surface area contributed by atoms with Crippen LogP contribution in [0.15, 0.2) is 24.3 Å². The predicted octanol–water partition coefficient (Wildman–Crippen LogP) is 1.90. The Kier molecular flexibility index (Phi) is 4.98. The lowest BCUT2D eigenvalue weighted by molar-refractivity contribution is -0.149. The molecule has 0 aliphatic heterocycles. The van der Waals surface area contributed by atoms with Gasteiger partial charge in [0.25, 0.3) is 0 Å². The van der Waals surface area contributed by atoms with Crippen molar-refractivity contribution in [3.63, 3.8) is 0 Å². The van der Waals surface area contributed by atoms with Crippen molar-refractivity contribution in [3.8, 4) is 11.4 Å². The van der Waals surface area contributed by atoms with Crippen molar-refractivity contribution in [2.45, 2.75) is 44.2 Å². The number of carbonyl (C=O) groups is 2. The Hall–Kier alpha value is -2.48. The summed E-state index contributed by atoms with van der Waals surface area (Å²) < 4.78 is 0. The molecule has 1 aromatic heterocycles. The van der Waals surface area contributed by atoms with Crippen LogP contribution in [0.4, 0.5) is 0 Å². The summed E-state index contributed by atoms with van der Waals surface area (Å²) in [6, 6.07) is 6.93. The molecule has 2 N–H and O–H groups in total. The van der Waals surface area contributed by atoms with Crippen LogP contribution in [-0.2, 0) is 16.1 Å². The highest BCUT2D eigenvalue weighted by Crippen LogP contribution is 2.28. The fraction of sp³-hybridized carbons (Fsp3) is 0.438. The molecule has 0 radical (unpaired) electrons. The first-order valence-corrected chi connectivity index (χ1v) is 8.44. The third-order valence-corrected chi connectivity index (χ3v) is 4.59. The number of amides is 1. The Balaban J connectivity index is 1.67. The molecule has 3 rings (SSSR count). The van der Waals surface area contributed by atoms with Crippen LogP contribution < -0.4 is 5.32 Å². The number of carbonyl (C=O) groups excluding carboxylic acids is 1. The lowest BCUT2D eigenvalue weighted by Crippen LogP contribution is -2.56. The van der Waals surface area contributed by atoms with E-state index in [2.05, 4.69) is 20.7 Å². The molecule has 1 fully saturated rings. The van der Waals surface area contributed by atoms with Gasteiger partial charge in [-0.3, -0.25) is 4.79 Å². The number of carboxylic acids is 1. The maximum absolute atomic E-state index is 12.3. The smallest absolute Gasteiger partial charge is 0.329 e. The molecule has 8 nitrogen and oxygen atoms in total. The van der Waals surface area contributed by atoms with Crippen LogP contribution in [0.2, 0.25) is 5.02 Å². The number of benzene rings is 1. The highest BCUT2D eigenvalue weighted by atomic mass is 35.5. The Bertz CT molecular complexity index is 768. The van der Waals surface area contributed by atoms with Gasteiger partial charge in [-0.05, 0) is 42.3 Å². The molecular formula is C16H18ClN5O3. The van der Waals surface area contributed by atoms with Crippen LogP contribution in [0.25, 0.3) is 11.4 Å². The normalized spacial score (nSPS) is 16.4. The third kappa shape index (κ3) is 3.96. The van der Waals surface area contributed by atoms with Gasteiger partial charge in [0.2, 0.25) is 11.7 Å². The number of aromatic nitrogens is 4. The number of nitrogens with one attached hydrogen (secondary N) is 1. The standard InChI is InChI=1S/C16H18ClN5O3/c17-12-6-4-11(5-7-12)14-19-21-22(20-14)10-13(23)18-16(15(24)25)8-2-1-3-9-16/h4-7H,1-3,8-10H2,(H,18,23)(H,24,25). The van der Waals surface area contributed by atoms with Gasteiger partial charge < -0.3 is 10.4 Å². The Labute approximate surface area is 149 Å². The van der Waals surface area contributed by atoms with E-state index in [9.17, 15) is 14.7 Å². The maximum atomic E-state index is 12.3. The number of carboxylic acid groups (broad SMARTS) is 1. The first kappa shape index (κ1) is 17.3. The zero-order valence-corrected chi connectivity index (χ0v) is 14.2. The van der Waals surface area contributed by atoms with Crippen LogP contribution in [0.5, 0.6) is 0 Å². The van der Waals surface area contributed by atoms with Crippen molar-refractivity contribution < 1.29 is 14.7 Å². The second-order valence-corrected chi connectivity index (χ2v) is 6.58. The number of tetrazole rings is 1. The minimum atomic E-state index is -1.19. The van der Waals surface area contributed by atoms with Crippen molar-refractivity contribution in [2.75, 3.05) is 0 Å². The summed E-state index contributed by atoms with van der Waals surface area (Å²) in [5, 5.41) is 24.7. The van der Waals surface area contributed by atoms with Crippen LogP contribution in [0, 0.1) is 0 Å². The van der Waals surface area contributed by atoms with Gasteiger partial charge in [-0.1, -0.05) is 30.9 Å². The summed E-state index contributed by atoms with van der Waals surface area (Å²) in [7, 11) is 0. The molecule has 25 heavy (non-hydrogen) atoms. The summed E-state index contributed by atoms with van der Waals surface area (Å²) in [5.41, 5.74) is -0.458. The van der Waals surface area contributed by atoms with Gasteiger partial charge in [0, 0.05) is 10.6 Å². The van der Waals surface area contributed by atoms with E-state index in [0.717, 1.165) is 29.6 Å². The van der Waals surface area contributed by atoms with E-state index in [0.29, 0.717) is 23.7 Å². The molecule has 2 aromatic rings. The lowest BCUT2D eigenvalue weighted by Gasteiger charge is -2.33. The largest absolute Gasteiger partial charge is 0.480 e. The van der Waals surface area contributed by atoms with Gasteiger partial charge in [-0.2, -0.15) is 4.80 Å². The monoisotopic (exact) mass is 363 g/mol. The molecule has 1 saturated carbocycles. The molecule has 1 aromatic carbocycles. The summed E-state index contributed by atoms with van der Waals surface area (Å²) in [6.07, 6.45) is 3.44. The Morgan fingerprint density at radius 1 is 1.20 bits per heavy atom. The zero-order valence-electron chi connectivity index (χ0n) is 13.5. The van der Waals surface area contributed by atoms with Gasteiger partial charge in [0.15, 0.2) is 0 Å². The Morgan fingerprint density at radius 2 is 1.88 bits per heavy atom. The first-order valence-electron chi connectivity index (χ1n) is 8.07. The van der Waals surface area contributed by atoms with E-state index in [1.165, 1.54) is 0 Å². The fourth-order valence-electron chi connectivity index (χ4n) is 3.01.